The van der Waals surface area contributed by atoms with Crippen molar-refractivity contribution in [3.05, 3.63) is 64.5 Å². The van der Waals surface area contributed by atoms with E-state index in [1.54, 1.807) is 0 Å². The van der Waals surface area contributed by atoms with Gasteiger partial charge < -0.3 is 10.2 Å². The number of benzene rings is 2. The molecule has 0 radical (unpaired) electrons. The first-order chi connectivity index (χ1) is 18.0. The number of anilines is 1. The van der Waals surface area contributed by atoms with E-state index in [1.807, 2.05) is 6.92 Å². The highest BCUT2D eigenvalue weighted by molar-refractivity contribution is 6.04. The van der Waals surface area contributed by atoms with Crippen LogP contribution in [0.3, 0.4) is 0 Å². The van der Waals surface area contributed by atoms with Crippen LogP contribution in [0, 0.1) is 42.1 Å². The van der Waals surface area contributed by atoms with Crippen molar-refractivity contribution in [3.8, 4) is 0 Å². The van der Waals surface area contributed by atoms with Crippen molar-refractivity contribution in [3.63, 3.8) is 0 Å². The van der Waals surface area contributed by atoms with Gasteiger partial charge in [0, 0.05) is 29.8 Å². The van der Waals surface area contributed by atoms with E-state index in [0.717, 1.165) is 61.8 Å². The van der Waals surface area contributed by atoms with Crippen LogP contribution in [0.4, 0.5) is 18.9 Å². The van der Waals surface area contributed by atoms with Crippen LogP contribution in [-0.2, 0) is 11.2 Å². The van der Waals surface area contributed by atoms with E-state index in [9.17, 15) is 22.8 Å². The van der Waals surface area contributed by atoms with Crippen molar-refractivity contribution in [2.24, 2.45) is 17.8 Å². The predicted octanol–water partition coefficient (Wildman–Crippen LogP) is 7.69. The van der Waals surface area contributed by atoms with E-state index in [4.69, 9.17) is 0 Å². The van der Waals surface area contributed by atoms with Gasteiger partial charge in [-0.05, 0) is 99.2 Å². The topological polar surface area (TPSA) is 49.4 Å². The number of nitrogens with zero attached hydrogens (tertiary/aromatic N) is 1. The van der Waals surface area contributed by atoms with Gasteiger partial charge in [0.25, 0.3) is 5.91 Å². The Morgan fingerprint density at radius 3 is 2.32 bits per heavy atom. The summed E-state index contributed by atoms with van der Waals surface area (Å²) in [6.45, 7) is 11.1. The maximum atomic E-state index is 14.5. The summed E-state index contributed by atoms with van der Waals surface area (Å²) in [5.41, 5.74) is 1.78. The maximum Gasteiger partial charge on any atom is 0.255 e. The third-order valence-corrected chi connectivity index (χ3v) is 8.36. The van der Waals surface area contributed by atoms with E-state index in [0.29, 0.717) is 30.5 Å². The number of rotatable bonds is 11. The summed E-state index contributed by atoms with van der Waals surface area (Å²) in [6, 6.07) is 5.83. The fraction of sp³-hybridized carbons (Fsp3) is 0.548. The number of carbonyl (C=O) groups excluding carboxylic acids is 2. The van der Waals surface area contributed by atoms with Crippen molar-refractivity contribution in [2.45, 2.75) is 85.6 Å². The Morgan fingerprint density at radius 2 is 1.68 bits per heavy atom. The smallest absolute Gasteiger partial charge is 0.255 e. The second-order valence-corrected chi connectivity index (χ2v) is 11.0. The van der Waals surface area contributed by atoms with Gasteiger partial charge in [0.1, 0.15) is 5.82 Å². The van der Waals surface area contributed by atoms with Crippen LogP contribution in [0.25, 0.3) is 0 Å². The van der Waals surface area contributed by atoms with Crippen molar-refractivity contribution >= 4 is 17.5 Å². The molecule has 2 amide bonds. The summed E-state index contributed by atoms with van der Waals surface area (Å²) in [7, 11) is 0. The minimum Gasteiger partial charge on any atom is -0.340 e. The third kappa shape index (κ3) is 7.39. The molecule has 208 valence electrons. The van der Waals surface area contributed by atoms with E-state index in [2.05, 4.69) is 37.9 Å². The minimum atomic E-state index is -1.12. The Hall–Kier alpha value is -2.83. The van der Waals surface area contributed by atoms with Crippen LogP contribution in [-0.4, -0.2) is 29.3 Å². The lowest BCUT2D eigenvalue weighted by Gasteiger charge is -2.33. The Morgan fingerprint density at radius 1 is 1.00 bits per heavy atom. The van der Waals surface area contributed by atoms with Crippen LogP contribution < -0.4 is 5.32 Å². The summed E-state index contributed by atoms with van der Waals surface area (Å²) >= 11 is 0. The summed E-state index contributed by atoms with van der Waals surface area (Å²) in [5.74, 6) is -2.31. The molecule has 1 aliphatic carbocycles. The quantitative estimate of drug-likeness (QED) is 0.324. The molecule has 38 heavy (non-hydrogen) atoms. The van der Waals surface area contributed by atoms with Crippen LogP contribution >= 0.6 is 0 Å². The van der Waals surface area contributed by atoms with E-state index in [1.165, 1.54) is 18.2 Å². The molecule has 0 saturated heterocycles. The number of amides is 2. The van der Waals surface area contributed by atoms with Crippen LogP contribution in [0.15, 0.2) is 30.3 Å². The molecule has 1 fully saturated rings. The van der Waals surface area contributed by atoms with E-state index in [-0.39, 0.29) is 23.4 Å². The molecule has 2 aromatic carbocycles. The monoisotopic (exact) mass is 530 g/mol. The first-order valence-corrected chi connectivity index (χ1v) is 13.9. The highest BCUT2D eigenvalue weighted by Crippen LogP contribution is 2.30. The summed E-state index contributed by atoms with van der Waals surface area (Å²) in [6.07, 6.45) is 6.64. The lowest BCUT2D eigenvalue weighted by Crippen LogP contribution is -2.42. The molecular formula is C31H41F3N2O2. The Bertz CT molecular complexity index is 1130. The Kier molecular flexibility index (Phi) is 10.4. The lowest BCUT2D eigenvalue weighted by atomic mass is 9.85. The molecule has 1 N–H and O–H groups in total. The fourth-order valence-electron chi connectivity index (χ4n) is 5.26. The molecule has 3 unspecified atom stereocenters. The molecule has 0 bridgehead atoms. The van der Waals surface area contributed by atoms with E-state index >= 15 is 0 Å². The van der Waals surface area contributed by atoms with Crippen molar-refractivity contribution in [1.82, 2.24) is 4.90 Å². The average molecular weight is 531 g/mol. The standard InChI is InChI=1S/C31H41F3N2O2/c1-6-21(4)36(31(38)23-9-7-8-10-23)14-13-19(2)20(3)15-25-16-26(32)18-29(22(25)5)35-30(37)24-11-12-27(33)28(34)17-24/h11-12,16-21,23H,6-10,13-15H2,1-5H3,(H,35,37). The van der Waals surface area contributed by atoms with Crippen molar-refractivity contribution < 1.29 is 22.8 Å². The molecule has 0 aromatic heterocycles. The lowest BCUT2D eigenvalue weighted by molar-refractivity contribution is -0.137. The van der Waals surface area contributed by atoms with Crippen LogP contribution in [0.5, 0.6) is 0 Å². The van der Waals surface area contributed by atoms with Gasteiger partial charge in [-0.1, -0.05) is 33.6 Å². The Labute approximate surface area is 225 Å². The average Bonchev–Trinajstić information content (AvgIpc) is 3.43. The maximum absolute atomic E-state index is 14.5. The molecule has 1 saturated carbocycles. The number of halogens is 3. The number of hydrogen-bond acceptors (Lipinski definition) is 2. The molecule has 3 rings (SSSR count). The third-order valence-electron chi connectivity index (χ3n) is 8.36. The first-order valence-electron chi connectivity index (χ1n) is 13.9. The van der Waals surface area contributed by atoms with Gasteiger partial charge in [0.15, 0.2) is 11.6 Å². The zero-order valence-electron chi connectivity index (χ0n) is 23.3. The highest BCUT2D eigenvalue weighted by atomic mass is 19.2. The second kappa shape index (κ2) is 13.3. The highest BCUT2D eigenvalue weighted by Gasteiger charge is 2.30. The molecule has 7 heteroatoms. The van der Waals surface area contributed by atoms with Crippen LogP contribution in [0.2, 0.25) is 0 Å². The predicted molar refractivity (Wildman–Crippen MR) is 146 cm³/mol. The zero-order valence-corrected chi connectivity index (χ0v) is 23.3. The summed E-state index contributed by atoms with van der Waals surface area (Å²) in [4.78, 5) is 27.9. The SMILES string of the molecule is CCC(C)N(CCC(C)C(C)Cc1cc(F)cc(NC(=O)c2ccc(F)c(F)c2)c1C)C(=O)C1CCCC1. The molecule has 3 atom stereocenters. The van der Waals surface area contributed by atoms with Crippen molar-refractivity contribution in [2.75, 3.05) is 11.9 Å². The molecule has 2 aromatic rings. The Balaban J connectivity index is 1.66. The molecule has 0 spiro atoms. The normalized spacial score (nSPS) is 16.2. The van der Waals surface area contributed by atoms with Gasteiger partial charge in [-0.15, -0.1) is 0 Å². The number of carbonyl (C=O) groups is 2. The van der Waals surface area contributed by atoms with Gasteiger partial charge in [0.05, 0.1) is 0 Å². The first kappa shape index (κ1) is 29.7. The minimum absolute atomic E-state index is 0.0471. The molecule has 0 heterocycles. The van der Waals surface area contributed by atoms with E-state index < -0.39 is 23.4 Å². The van der Waals surface area contributed by atoms with Gasteiger partial charge >= 0.3 is 0 Å². The van der Waals surface area contributed by atoms with Crippen LogP contribution in [0.1, 0.15) is 87.7 Å². The summed E-state index contributed by atoms with van der Waals surface area (Å²) in [5, 5.41) is 2.64. The fourth-order valence-corrected chi connectivity index (χ4v) is 5.26. The van der Waals surface area contributed by atoms with Gasteiger partial charge in [0.2, 0.25) is 5.91 Å². The zero-order chi connectivity index (χ0) is 28.0. The molecule has 1 aliphatic rings. The van der Waals surface area contributed by atoms with Gasteiger partial charge in [-0.2, -0.15) is 0 Å². The number of hydrogen-bond donors (Lipinski definition) is 1. The molecule has 4 nitrogen and oxygen atoms in total. The van der Waals surface area contributed by atoms with Crippen molar-refractivity contribution in [1.29, 1.82) is 0 Å². The molecule has 0 aliphatic heterocycles. The largest absolute Gasteiger partial charge is 0.340 e. The number of nitrogens with one attached hydrogen (secondary N) is 1. The second-order valence-electron chi connectivity index (χ2n) is 11.0. The summed E-state index contributed by atoms with van der Waals surface area (Å²) < 4.78 is 41.3. The molecular weight excluding hydrogens is 489 g/mol. The van der Waals surface area contributed by atoms with Gasteiger partial charge in [-0.25, -0.2) is 13.2 Å². The van der Waals surface area contributed by atoms with Gasteiger partial charge in [-0.3, -0.25) is 9.59 Å².